The number of hydrogen-bond donors (Lipinski definition) is 2. The number of allylic oxidation sites excluding steroid dienone is 1. The molecule has 0 spiro atoms. The quantitative estimate of drug-likeness (QED) is 0.351. The van der Waals surface area contributed by atoms with Crippen LogP contribution in [-0.2, 0) is 9.59 Å². The highest BCUT2D eigenvalue weighted by Gasteiger charge is 2.30. The Hall–Kier alpha value is -2.35. The fraction of sp³-hybridized carbons (Fsp3) is 0.471. The van der Waals surface area contributed by atoms with Crippen molar-refractivity contribution in [2.75, 3.05) is 6.54 Å². The van der Waals surface area contributed by atoms with Gasteiger partial charge in [-0.15, -0.1) is 0 Å². The third-order valence-corrected chi connectivity index (χ3v) is 3.69. The Morgan fingerprint density at radius 3 is 2.77 bits per heavy atom. The molecule has 118 valence electrons. The molecule has 0 radical (unpaired) electrons. The summed E-state index contributed by atoms with van der Waals surface area (Å²) in [4.78, 5) is 24.5. The van der Waals surface area contributed by atoms with Gasteiger partial charge in [-0.3, -0.25) is 9.59 Å². The van der Waals surface area contributed by atoms with Crippen molar-refractivity contribution in [1.82, 2.24) is 4.90 Å². The number of carbonyl (C=O) groups is 2. The molecule has 0 aromatic rings. The summed E-state index contributed by atoms with van der Waals surface area (Å²) in [7, 11) is 0. The van der Waals surface area contributed by atoms with Crippen molar-refractivity contribution in [3.8, 4) is 11.8 Å². The fourth-order valence-electron chi connectivity index (χ4n) is 2.62. The lowest BCUT2D eigenvalue weighted by molar-refractivity contribution is -0.130. The number of amides is 1. The van der Waals surface area contributed by atoms with Crippen LogP contribution in [0.3, 0.4) is 0 Å². The summed E-state index contributed by atoms with van der Waals surface area (Å²) in [5.41, 5.74) is 7.91. The lowest BCUT2D eigenvalue weighted by atomic mass is 9.89. The number of nitrogens with one attached hydrogen (secondary N) is 1. The van der Waals surface area contributed by atoms with Gasteiger partial charge in [-0.2, -0.15) is 0 Å². The lowest BCUT2D eigenvalue weighted by Crippen LogP contribution is -2.46. The molecule has 0 saturated carbocycles. The van der Waals surface area contributed by atoms with Crippen molar-refractivity contribution >= 4 is 17.4 Å². The molecule has 0 aromatic heterocycles. The van der Waals surface area contributed by atoms with E-state index in [-0.39, 0.29) is 17.7 Å². The highest BCUT2D eigenvalue weighted by Crippen LogP contribution is 2.26. The Kier molecular flexibility index (Phi) is 6.58. The molecule has 0 saturated heterocycles. The molecule has 0 aromatic carbocycles. The summed E-state index contributed by atoms with van der Waals surface area (Å²) in [6.45, 7) is 7.47. The number of ketones is 1. The zero-order valence-electron chi connectivity index (χ0n) is 13.2. The first-order chi connectivity index (χ1) is 10.4. The molecule has 1 rings (SSSR count). The van der Waals surface area contributed by atoms with Crippen molar-refractivity contribution < 1.29 is 9.59 Å². The minimum absolute atomic E-state index is 0.000946. The molecule has 0 aliphatic carbocycles. The van der Waals surface area contributed by atoms with Crippen LogP contribution in [-0.4, -0.2) is 34.9 Å². The van der Waals surface area contributed by atoms with Gasteiger partial charge < -0.3 is 16.0 Å². The lowest BCUT2D eigenvalue weighted by Gasteiger charge is -2.37. The summed E-state index contributed by atoms with van der Waals surface area (Å²) in [5, 5.41) is 8.26. The van der Waals surface area contributed by atoms with Crippen LogP contribution in [0.4, 0.5) is 0 Å². The van der Waals surface area contributed by atoms with Crippen LogP contribution in [0.2, 0.25) is 0 Å². The summed E-state index contributed by atoms with van der Waals surface area (Å²) in [5.74, 6) is 4.85. The maximum absolute atomic E-state index is 11.7. The summed E-state index contributed by atoms with van der Waals surface area (Å²) in [6.07, 6.45) is 3.30. The monoisotopic (exact) mass is 301 g/mol. The molecule has 3 N–H and O–H groups in total. The fourth-order valence-corrected chi connectivity index (χ4v) is 2.62. The maximum Gasteiger partial charge on any atom is 0.228 e. The first-order valence-electron chi connectivity index (χ1n) is 7.41. The van der Waals surface area contributed by atoms with Gasteiger partial charge in [0.2, 0.25) is 11.7 Å². The van der Waals surface area contributed by atoms with E-state index >= 15 is 0 Å². The molecule has 1 amide bonds. The zero-order chi connectivity index (χ0) is 16.7. The van der Waals surface area contributed by atoms with Gasteiger partial charge in [-0.05, 0) is 18.4 Å². The highest BCUT2D eigenvalue weighted by atomic mass is 16.2. The van der Waals surface area contributed by atoms with E-state index in [2.05, 4.69) is 18.4 Å². The van der Waals surface area contributed by atoms with Gasteiger partial charge in [0.25, 0.3) is 0 Å². The number of rotatable bonds is 5. The molecule has 1 aliphatic heterocycles. The molecule has 1 atom stereocenters. The van der Waals surface area contributed by atoms with E-state index in [0.29, 0.717) is 37.2 Å². The summed E-state index contributed by atoms with van der Waals surface area (Å²) < 4.78 is 0. The van der Waals surface area contributed by atoms with E-state index in [1.165, 1.54) is 6.92 Å². The molecule has 0 unspecified atom stereocenters. The van der Waals surface area contributed by atoms with Crippen molar-refractivity contribution in [3.05, 3.63) is 23.9 Å². The van der Waals surface area contributed by atoms with Crippen LogP contribution in [0.25, 0.3) is 0 Å². The third kappa shape index (κ3) is 4.32. The van der Waals surface area contributed by atoms with Crippen LogP contribution in [0, 0.1) is 17.3 Å². The average Bonchev–Trinajstić information content (AvgIpc) is 2.49. The Labute approximate surface area is 131 Å². The van der Waals surface area contributed by atoms with Gasteiger partial charge in [-0.25, -0.2) is 0 Å². The molecule has 5 nitrogen and oxygen atoms in total. The molecule has 0 fully saturated rings. The van der Waals surface area contributed by atoms with E-state index in [0.717, 1.165) is 18.1 Å². The van der Waals surface area contributed by atoms with Crippen molar-refractivity contribution in [2.24, 2.45) is 5.73 Å². The van der Waals surface area contributed by atoms with Crippen LogP contribution in [0.5, 0.6) is 0 Å². The molecule has 1 heterocycles. The molecule has 5 heteroatoms. The van der Waals surface area contributed by atoms with E-state index < -0.39 is 0 Å². The smallest absolute Gasteiger partial charge is 0.228 e. The number of carbonyl (C=O) groups excluding carboxylic acids is 2. The molecule has 22 heavy (non-hydrogen) atoms. The third-order valence-electron chi connectivity index (χ3n) is 3.69. The second-order valence-corrected chi connectivity index (χ2v) is 5.17. The minimum atomic E-state index is -0.322. The van der Waals surface area contributed by atoms with Gasteiger partial charge in [-0.1, -0.05) is 19.4 Å². The second-order valence-electron chi connectivity index (χ2n) is 5.17. The Bertz CT molecular complexity index is 578. The van der Waals surface area contributed by atoms with Crippen LogP contribution in [0.15, 0.2) is 23.9 Å². The molecule has 1 aliphatic rings. The van der Waals surface area contributed by atoms with Crippen LogP contribution >= 0.6 is 0 Å². The number of nitrogens with two attached hydrogens (primary N) is 1. The Morgan fingerprint density at radius 2 is 2.23 bits per heavy atom. The van der Waals surface area contributed by atoms with E-state index in [1.54, 1.807) is 4.90 Å². The van der Waals surface area contributed by atoms with Gasteiger partial charge >= 0.3 is 0 Å². The summed E-state index contributed by atoms with van der Waals surface area (Å²) >= 11 is 0. The van der Waals surface area contributed by atoms with Crippen molar-refractivity contribution in [3.63, 3.8) is 0 Å². The van der Waals surface area contributed by atoms with Gasteiger partial charge in [0.05, 0.1) is 6.04 Å². The highest BCUT2D eigenvalue weighted by molar-refractivity contribution is 6.04. The Balaban J connectivity index is 2.84. The second kappa shape index (κ2) is 8.18. The maximum atomic E-state index is 11.7. The number of hydrogen-bond acceptors (Lipinski definition) is 4. The predicted octanol–water partition coefficient (Wildman–Crippen LogP) is 1.79. The molecular formula is C17H23N3O2. The van der Waals surface area contributed by atoms with Crippen LogP contribution in [0.1, 0.15) is 39.5 Å². The minimum Gasteiger partial charge on any atom is -0.402 e. The summed E-state index contributed by atoms with van der Waals surface area (Å²) in [6, 6.07) is -0.137. The average molecular weight is 301 g/mol. The molecular weight excluding hydrogens is 278 g/mol. The first kappa shape index (κ1) is 17.7. The SMILES string of the molecule is C=CC(=O)C#CCCC(=N)C1=C(N)CCN(C(C)=O)[C@H]1CC. The van der Waals surface area contributed by atoms with E-state index in [9.17, 15) is 9.59 Å². The number of nitrogens with zero attached hydrogens (tertiary/aromatic N) is 1. The topological polar surface area (TPSA) is 87.2 Å². The zero-order valence-corrected chi connectivity index (χ0v) is 13.2. The van der Waals surface area contributed by atoms with Crippen molar-refractivity contribution in [1.29, 1.82) is 5.41 Å². The van der Waals surface area contributed by atoms with Crippen molar-refractivity contribution in [2.45, 2.75) is 45.6 Å². The Morgan fingerprint density at radius 1 is 1.55 bits per heavy atom. The predicted molar refractivity (Wildman–Crippen MR) is 87.2 cm³/mol. The largest absolute Gasteiger partial charge is 0.402 e. The van der Waals surface area contributed by atoms with E-state index in [4.69, 9.17) is 11.1 Å². The van der Waals surface area contributed by atoms with Gasteiger partial charge in [0.15, 0.2) is 0 Å². The first-order valence-corrected chi connectivity index (χ1v) is 7.41. The van der Waals surface area contributed by atoms with E-state index in [1.807, 2.05) is 6.92 Å². The van der Waals surface area contributed by atoms with Gasteiger partial charge in [0.1, 0.15) is 0 Å². The van der Waals surface area contributed by atoms with Gasteiger partial charge in [0, 0.05) is 49.7 Å². The normalized spacial score (nSPS) is 17.5. The van der Waals surface area contributed by atoms with Crippen LogP contribution < -0.4 is 5.73 Å². The standard InChI is InChI=1S/C17H23N3O2/c1-4-13(22)8-6-7-9-14(18)17-15(19)10-11-20(12(3)21)16(17)5-2/h4,16,18H,1,5,7,9-11,19H2,2-3H3/t16-/m0/s1. The molecule has 0 bridgehead atoms.